The van der Waals surface area contributed by atoms with Crippen molar-refractivity contribution < 1.29 is 23.7 Å². The van der Waals surface area contributed by atoms with Crippen molar-refractivity contribution in [3.8, 4) is 0 Å². The summed E-state index contributed by atoms with van der Waals surface area (Å²) in [5, 5.41) is 0. The predicted molar refractivity (Wildman–Crippen MR) is 94.7 cm³/mol. The molecule has 2 heterocycles. The summed E-state index contributed by atoms with van der Waals surface area (Å²) < 4.78 is 5.19. The molecule has 1 amide bonds. The van der Waals surface area contributed by atoms with Gasteiger partial charge in [-0.05, 0) is 17.7 Å². The van der Waals surface area contributed by atoms with E-state index in [0.29, 0.717) is 6.54 Å². The first-order valence-electron chi connectivity index (χ1n) is 8.77. The van der Waals surface area contributed by atoms with Crippen LogP contribution in [0.25, 0.3) is 0 Å². The number of rotatable bonds is 7. The second-order valence-electron chi connectivity index (χ2n) is 6.85. The number of amides is 1. The summed E-state index contributed by atoms with van der Waals surface area (Å²) in [6.07, 6.45) is 2.15. The number of nitrogens with one attached hydrogen (secondary N) is 1. The number of Topliss-reactive ketones (excluding diaryl/α,β-unsaturated/α-hetero) is 2. The summed E-state index contributed by atoms with van der Waals surface area (Å²) in [4.78, 5) is 41.0. The highest BCUT2D eigenvalue weighted by Gasteiger charge is 2.52. The van der Waals surface area contributed by atoms with Gasteiger partial charge in [0, 0.05) is 13.0 Å². The van der Waals surface area contributed by atoms with Crippen LogP contribution in [-0.2, 0) is 9.59 Å². The summed E-state index contributed by atoms with van der Waals surface area (Å²) in [6.45, 7) is 1.31. The molecule has 1 N–H and O–H groups in total. The molecule has 6 heteroatoms. The third kappa shape index (κ3) is 3.46. The average Bonchev–Trinajstić information content (AvgIpc) is 3.24. The fourth-order valence-corrected chi connectivity index (χ4v) is 3.42. The largest absolute Gasteiger partial charge is 0.461 e. The van der Waals surface area contributed by atoms with E-state index in [9.17, 15) is 14.4 Å². The lowest BCUT2D eigenvalue weighted by Gasteiger charge is -2.27. The standard InChI is InChI=1S/C20H22N2O4/c1-21(2)11-7-12-22-17(14-8-4-3-5-9-14)16(19(24)20(22)25)18(23)15-10-6-13-26-15/h3-6,8-10,13,16-17H,7,11-12H2,1-2H3/p+1. The first-order valence-corrected chi connectivity index (χ1v) is 8.77. The maximum atomic E-state index is 12.9. The topological polar surface area (TPSA) is 72.0 Å². The van der Waals surface area contributed by atoms with Crippen LogP contribution in [0.1, 0.15) is 28.6 Å². The van der Waals surface area contributed by atoms with Gasteiger partial charge < -0.3 is 14.2 Å². The molecular weight excluding hydrogens is 332 g/mol. The molecule has 1 aromatic heterocycles. The Morgan fingerprint density at radius 1 is 1.12 bits per heavy atom. The zero-order valence-corrected chi connectivity index (χ0v) is 15.0. The fraction of sp³-hybridized carbons (Fsp3) is 0.350. The lowest BCUT2D eigenvalue weighted by molar-refractivity contribution is -0.858. The van der Waals surface area contributed by atoms with Crippen LogP contribution in [0.3, 0.4) is 0 Å². The van der Waals surface area contributed by atoms with E-state index in [1.54, 1.807) is 11.0 Å². The SMILES string of the molecule is C[NH+](C)CCCN1C(=O)C(=O)C(C(=O)c2ccco2)C1c1ccccc1. The summed E-state index contributed by atoms with van der Waals surface area (Å²) in [7, 11) is 4.07. The Hall–Kier alpha value is -2.73. The Morgan fingerprint density at radius 2 is 1.85 bits per heavy atom. The van der Waals surface area contributed by atoms with Crippen LogP contribution in [0, 0.1) is 5.92 Å². The predicted octanol–water partition coefficient (Wildman–Crippen LogP) is 0.766. The number of benzene rings is 1. The zero-order chi connectivity index (χ0) is 18.7. The number of carbonyl (C=O) groups excluding carboxylic acids is 3. The van der Waals surface area contributed by atoms with E-state index < -0.39 is 29.4 Å². The molecule has 1 aromatic carbocycles. The van der Waals surface area contributed by atoms with Crippen molar-refractivity contribution in [1.82, 2.24) is 4.90 Å². The van der Waals surface area contributed by atoms with Gasteiger partial charge in [0.15, 0.2) is 5.76 Å². The summed E-state index contributed by atoms with van der Waals surface area (Å²) >= 11 is 0. The zero-order valence-electron chi connectivity index (χ0n) is 15.0. The van der Waals surface area contributed by atoms with Crippen LogP contribution >= 0.6 is 0 Å². The van der Waals surface area contributed by atoms with Gasteiger partial charge >= 0.3 is 0 Å². The van der Waals surface area contributed by atoms with Crippen molar-refractivity contribution in [3.05, 3.63) is 60.1 Å². The average molecular weight is 355 g/mol. The van der Waals surface area contributed by atoms with Gasteiger partial charge in [0.1, 0.15) is 5.92 Å². The number of likely N-dealkylation sites (tertiary alicyclic amines) is 1. The maximum Gasteiger partial charge on any atom is 0.291 e. The number of furan rings is 1. The minimum atomic E-state index is -1.07. The third-order valence-electron chi connectivity index (χ3n) is 4.67. The molecule has 1 aliphatic heterocycles. The number of hydrogen-bond donors (Lipinski definition) is 1. The lowest BCUT2D eigenvalue weighted by Crippen LogP contribution is -3.05. The number of nitrogens with zero attached hydrogens (tertiary/aromatic N) is 1. The quantitative estimate of drug-likeness (QED) is 0.452. The van der Waals surface area contributed by atoms with Crippen LogP contribution in [0.2, 0.25) is 0 Å². The molecule has 136 valence electrons. The van der Waals surface area contributed by atoms with E-state index in [1.807, 2.05) is 44.4 Å². The molecule has 0 spiro atoms. The van der Waals surface area contributed by atoms with Gasteiger partial charge in [0.2, 0.25) is 11.6 Å². The van der Waals surface area contributed by atoms with E-state index in [-0.39, 0.29) is 5.76 Å². The van der Waals surface area contributed by atoms with Gasteiger partial charge in [-0.1, -0.05) is 30.3 Å². The number of carbonyl (C=O) groups is 3. The Morgan fingerprint density at radius 3 is 2.46 bits per heavy atom. The first kappa shape index (κ1) is 18.1. The van der Waals surface area contributed by atoms with E-state index in [1.165, 1.54) is 17.2 Å². The van der Waals surface area contributed by atoms with Gasteiger partial charge in [0.25, 0.3) is 5.91 Å². The number of hydrogen-bond acceptors (Lipinski definition) is 4. The second kappa shape index (κ2) is 7.66. The smallest absolute Gasteiger partial charge is 0.291 e. The Balaban J connectivity index is 1.95. The Kier molecular flexibility index (Phi) is 5.32. The van der Waals surface area contributed by atoms with Crippen molar-refractivity contribution in [1.29, 1.82) is 0 Å². The van der Waals surface area contributed by atoms with Crippen LogP contribution in [0.5, 0.6) is 0 Å². The third-order valence-corrected chi connectivity index (χ3v) is 4.67. The Bertz CT molecular complexity index is 783. The van der Waals surface area contributed by atoms with Crippen molar-refractivity contribution >= 4 is 17.5 Å². The van der Waals surface area contributed by atoms with E-state index in [4.69, 9.17) is 4.42 Å². The highest BCUT2D eigenvalue weighted by molar-refractivity contribution is 6.43. The minimum Gasteiger partial charge on any atom is -0.461 e. The van der Waals surface area contributed by atoms with Gasteiger partial charge in [-0.3, -0.25) is 14.4 Å². The van der Waals surface area contributed by atoms with E-state index in [2.05, 4.69) is 0 Å². The van der Waals surface area contributed by atoms with Gasteiger partial charge in [-0.25, -0.2) is 0 Å². The molecule has 2 aromatic rings. The highest BCUT2D eigenvalue weighted by atomic mass is 16.3. The first-order chi connectivity index (χ1) is 12.5. The monoisotopic (exact) mass is 355 g/mol. The van der Waals surface area contributed by atoms with Crippen molar-refractivity contribution in [2.24, 2.45) is 5.92 Å². The highest BCUT2D eigenvalue weighted by Crippen LogP contribution is 2.38. The van der Waals surface area contributed by atoms with Crippen LogP contribution in [-0.4, -0.2) is 49.6 Å². The molecule has 0 aliphatic carbocycles. The molecule has 0 saturated carbocycles. The van der Waals surface area contributed by atoms with Crippen molar-refractivity contribution in [2.45, 2.75) is 12.5 Å². The molecule has 6 nitrogen and oxygen atoms in total. The number of ketones is 2. The lowest BCUT2D eigenvalue weighted by atomic mass is 9.88. The van der Waals surface area contributed by atoms with Gasteiger partial charge in [0.05, 0.1) is 32.9 Å². The summed E-state index contributed by atoms with van der Waals surface area (Å²) in [5.74, 6) is -2.64. The number of quaternary nitrogens is 1. The summed E-state index contributed by atoms with van der Waals surface area (Å²) in [6, 6.07) is 11.8. The molecule has 3 rings (SSSR count). The van der Waals surface area contributed by atoms with Crippen LogP contribution in [0.4, 0.5) is 0 Å². The second-order valence-corrected chi connectivity index (χ2v) is 6.85. The van der Waals surface area contributed by atoms with Gasteiger partial charge in [-0.15, -0.1) is 0 Å². The van der Waals surface area contributed by atoms with Crippen molar-refractivity contribution in [2.75, 3.05) is 27.2 Å². The van der Waals surface area contributed by atoms with Crippen LogP contribution < -0.4 is 4.90 Å². The maximum absolute atomic E-state index is 12.9. The molecular formula is C20H23N2O4+. The molecule has 26 heavy (non-hydrogen) atoms. The van der Waals surface area contributed by atoms with Crippen molar-refractivity contribution in [3.63, 3.8) is 0 Å². The molecule has 1 aliphatic rings. The Labute approximate surface area is 152 Å². The van der Waals surface area contributed by atoms with Crippen LogP contribution in [0.15, 0.2) is 53.1 Å². The molecule has 2 unspecified atom stereocenters. The van der Waals surface area contributed by atoms with E-state index in [0.717, 1.165) is 18.5 Å². The molecule has 0 radical (unpaired) electrons. The molecule has 1 saturated heterocycles. The summed E-state index contributed by atoms with van der Waals surface area (Å²) in [5.41, 5.74) is 0.786. The molecule has 2 atom stereocenters. The fourth-order valence-electron chi connectivity index (χ4n) is 3.42. The van der Waals surface area contributed by atoms with Gasteiger partial charge in [-0.2, -0.15) is 0 Å². The normalized spacial score (nSPS) is 20.2. The molecule has 0 bridgehead atoms. The minimum absolute atomic E-state index is 0.108. The van der Waals surface area contributed by atoms with E-state index >= 15 is 0 Å². The molecule has 1 fully saturated rings.